The fraction of sp³-hybridized carbons (Fsp3) is 0.100. The Morgan fingerprint density at radius 3 is 2.82 bits per heavy atom. The minimum absolute atomic E-state index is 0.590. The van der Waals surface area contributed by atoms with E-state index in [1.807, 2.05) is 13.0 Å². The number of aryl methyl sites for hydroxylation is 1. The molecule has 0 N–H and O–H groups in total. The van der Waals surface area contributed by atoms with Crippen molar-refractivity contribution in [2.75, 3.05) is 0 Å². The summed E-state index contributed by atoms with van der Waals surface area (Å²) >= 11 is 0. The molecule has 1 nitrogen and oxygen atoms in total. The molecule has 0 spiro atoms. The highest BCUT2D eigenvalue weighted by molar-refractivity contribution is 5.79. The van der Waals surface area contributed by atoms with Crippen LogP contribution in [-0.2, 0) is 0 Å². The lowest BCUT2D eigenvalue weighted by Crippen LogP contribution is -1.87. The molecule has 0 atom stereocenters. The summed E-state index contributed by atoms with van der Waals surface area (Å²) in [4.78, 5) is 10.4. The highest BCUT2D eigenvalue weighted by Gasteiger charge is 1.96. The Bertz CT molecular complexity index is 318. The van der Waals surface area contributed by atoms with E-state index in [0.717, 1.165) is 11.8 Å². The molecular weight excluding hydrogens is 136 g/mol. The first-order valence-electron chi connectivity index (χ1n) is 3.30. The molecule has 1 rings (SSSR count). The number of hydrogen-bond acceptors (Lipinski definition) is 1. The van der Waals surface area contributed by atoms with Crippen molar-refractivity contribution in [1.29, 1.82) is 0 Å². The van der Waals surface area contributed by atoms with Gasteiger partial charge in [0.05, 0.1) is 0 Å². The van der Waals surface area contributed by atoms with Crippen LogP contribution in [0.4, 0.5) is 0 Å². The molecule has 0 unspecified atom stereocenters. The Morgan fingerprint density at radius 2 is 2.27 bits per heavy atom. The van der Waals surface area contributed by atoms with Crippen LogP contribution in [0.25, 0.3) is 0 Å². The molecule has 0 fully saturated rings. The number of benzene rings is 1. The van der Waals surface area contributed by atoms with Gasteiger partial charge >= 0.3 is 0 Å². The van der Waals surface area contributed by atoms with Crippen LogP contribution >= 0.6 is 0 Å². The van der Waals surface area contributed by atoms with Crippen molar-refractivity contribution >= 4 is 6.29 Å². The highest BCUT2D eigenvalue weighted by atomic mass is 16.1. The molecule has 1 heteroatoms. The molecule has 0 bridgehead atoms. The largest absolute Gasteiger partial charge is 0.298 e. The van der Waals surface area contributed by atoms with E-state index in [2.05, 4.69) is 5.92 Å². The summed E-state index contributed by atoms with van der Waals surface area (Å²) in [6, 6.07) is 5.45. The SMILES string of the molecule is C#Cc1ccc(C)cc1C=O. The average Bonchev–Trinajstić information content (AvgIpc) is 2.04. The third-order valence-corrected chi connectivity index (χ3v) is 1.49. The predicted octanol–water partition coefficient (Wildman–Crippen LogP) is 1.79. The number of hydrogen-bond donors (Lipinski definition) is 0. The van der Waals surface area contributed by atoms with Crippen LogP contribution in [0, 0.1) is 19.3 Å². The molecule has 1 aromatic carbocycles. The van der Waals surface area contributed by atoms with E-state index in [-0.39, 0.29) is 0 Å². The maximum Gasteiger partial charge on any atom is 0.151 e. The van der Waals surface area contributed by atoms with Crippen molar-refractivity contribution in [3.8, 4) is 12.3 Å². The monoisotopic (exact) mass is 144 g/mol. The van der Waals surface area contributed by atoms with E-state index >= 15 is 0 Å². The van der Waals surface area contributed by atoms with Gasteiger partial charge in [-0.05, 0) is 19.1 Å². The third-order valence-electron chi connectivity index (χ3n) is 1.49. The van der Waals surface area contributed by atoms with E-state index in [4.69, 9.17) is 6.42 Å². The first-order chi connectivity index (χ1) is 5.27. The standard InChI is InChI=1S/C10H8O/c1-3-9-5-4-8(2)6-10(9)7-11/h1,4-7H,2H3. The van der Waals surface area contributed by atoms with Crippen LogP contribution in [0.2, 0.25) is 0 Å². The van der Waals surface area contributed by atoms with Gasteiger partial charge in [0.15, 0.2) is 6.29 Å². The molecule has 0 aliphatic rings. The van der Waals surface area contributed by atoms with E-state index in [0.29, 0.717) is 11.1 Å². The predicted molar refractivity (Wildman–Crippen MR) is 44.5 cm³/mol. The summed E-state index contributed by atoms with van der Waals surface area (Å²) < 4.78 is 0. The zero-order valence-corrected chi connectivity index (χ0v) is 6.29. The van der Waals surface area contributed by atoms with Gasteiger partial charge in [0, 0.05) is 11.1 Å². The molecule has 0 saturated carbocycles. The molecular formula is C10H8O. The van der Waals surface area contributed by atoms with E-state index < -0.39 is 0 Å². The summed E-state index contributed by atoms with van der Waals surface area (Å²) in [6.45, 7) is 1.92. The highest BCUT2D eigenvalue weighted by Crippen LogP contribution is 2.07. The van der Waals surface area contributed by atoms with Crippen molar-refractivity contribution in [1.82, 2.24) is 0 Å². The second-order valence-corrected chi connectivity index (χ2v) is 2.35. The molecule has 0 heterocycles. The molecule has 0 aromatic heterocycles. The summed E-state index contributed by atoms with van der Waals surface area (Å²) in [5.41, 5.74) is 2.30. The Balaban J connectivity index is 3.30. The average molecular weight is 144 g/mol. The van der Waals surface area contributed by atoms with Gasteiger partial charge in [0.1, 0.15) is 0 Å². The third kappa shape index (κ3) is 1.47. The first-order valence-corrected chi connectivity index (χ1v) is 3.30. The van der Waals surface area contributed by atoms with Crippen molar-refractivity contribution in [3.63, 3.8) is 0 Å². The lowest BCUT2D eigenvalue weighted by molar-refractivity contribution is 0.112. The second-order valence-electron chi connectivity index (χ2n) is 2.35. The van der Waals surface area contributed by atoms with Crippen LogP contribution in [0.3, 0.4) is 0 Å². The summed E-state index contributed by atoms with van der Waals surface area (Å²) in [5, 5.41) is 0. The fourth-order valence-electron chi connectivity index (χ4n) is 0.911. The second kappa shape index (κ2) is 3.03. The number of rotatable bonds is 1. The molecule has 0 aliphatic heterocycles. The van der Waals surface area contributed by atoms with E-state index in [9.17, 15) is 4.79 Å². The van der Waals surface area contributed by atoms with Gasteiger partial charge in [0.2, 0.25) is 0 Å². The van der Waals surface area contributed by atoms with E-state index in [1.54, 1.807) is 12.1 Å². The summed E-state index contributed by atoms with van der Waals surface area (Å²) in [5.74, 6) is 2.44. The van der Waals surface area contributed by atoms with Crippen LogP contribution < -0.4 is 0 Å². The minimum atomic E-state index is 0.590. The molecule has 54 valence electrons. The fourth-order valence-corrected chi connectivity index (χ4v) is 0.911. The minimum Gasteiger partial charge on any atom is -0.298 e. The maximum absolute atomic E-state index is 10.4. The van der Waals surface area contributed by atoms with Gasteiger partial charge in [0.25, 0.3) is 0 Å². The molecule has 0 amide bonds. The van der Waals surface area contributed by atoms with Gasteiger partial charge in [-0.3, -0.25) is 4.79 Å². The van der Waals surface area contributed by atoms with Crippen LogP contribution in [-0.4, -0.2) is 6.29 Å². The topological polar surface area (TPSA) is 17.1 Å². The van der Waals surface area contributed by atoms with Crippen molar-refractivity contribution in [2.45, 2.75) is 6.92 Å². The normalized spacial score (nSPS) is 8.73. The van der Waals surface area contributed by atoms with Crippen LogP contribution in [0.5, 0.6) is 0 Å². The van der Waals surface area contributed by atoms with Crippen LogP contribution in [0.15, 0.2) is 18.2 Å². The van der Waals surface area contributed by atoms with E-state index in [1.165, 1.54) is 0 Å². The Kier molecular flexibility index (Phi) is 2.08. The number of terminal acetylenes is 1. The molecule has 0 aliphatic carbocycles. The Hall–Kier alpha value is -1.55. The Labute approximate surface area is 66.1 Å². The van der Waals surface area contributed by atoms with Gasteiger partial charge in [-0.1, -0.05) is 17.6 Å². The lowest BCUT2D eigenvalue weighted by atomic mass is 10.1. The zero-order chi connectivity index (χ0) is 8.27. The van der Waals surface area contributed by atoms with Gasteiger partial charge in [-0.2, -0.15) is 0 Å². The summed E-state index contributed by atoms with van der Waals surface area (Å²) in [7, 11) is 0. The summed E-state index contributed by atoms with van der Waals surface area (Å²) in [6.07, 6.45) is 5.95. The van der Waals surface area contributed by atoms with Crippen molar-refractivity contribution in [3.05, 3.63) is 34.9 Å². The molecule has 0 radical (unpaired) electrons. The quantitative estimate of drug-likeness (QED) is 0.434. The van der Waals surface area contributed by atoms with Gasteiger partial charge in [-0.25, -0.2) is 0 Å². The molecule has 1 aromatic rings. The number of carbonyl (C=O) groups excluding carboxylic acids is 1. The maximum atomic E-state index is 10.4. The van der Waals surface area contributed by atoms with Gasteiger partial charge < -0.3 is 0 Å². The number of aldehydes is 1. The van der Waals surface area contributed by atoms with Crippen molar-refractivity contribution < 1.29 is 4.79 Å². The molecule has 0 saturated heterocycles. The van der Waals surface area contributed by atoms with Crippen molar-refractivity contribution in [2.24, 2.45) is 0 Å². The Morgan fingerprint density at radius 1 is 1.55 bits per heavy atom. The smallest absolute Gasteiger partial charge is 0.151 e. The van der Waals surface area contributed by atoms with Crippen LogP contribution in [0.1, 0.15) is 21.5 Å². The number of carbonyl (C=O) groups is 1. The molecule has 11 heavy (non-hydrogen) atoms. The lowest BCUT2D eigenvalue weighted by Gasteiger charge is -1.96. The first kappa shape index (κ1) is 7.56. The zero-order valence-electron chi connectivity index (χ0n) is 6.29. The van der Waals surface area contributed by atoms with Gasteiger partial charge in [-0.15, -0.1) is 6.42 Å².